The van der Waals surface area contributed by atoms with E-state index in [2.05, 4.69) is 31.2 Å². The first kappa shape index (κ1) is 9.55. The molecule has 2 N–H and O–H groups in total. The van der Waals surface area contributed by atoms with Crippen LogP contribution in [0.15, 0.2) is 35.1 Å². The highest BCUT2D eigenvalue weighted by Gasteiger charge is 1.99. The highest BCUT2D eigenvalue weighted by Crippen LogP contribution is 2.26. The summed E-state index contributed by atoms with van der Waals surface area (Å²) in [6.07, 6.45) is 3.44. The zero-order chi connectivity index (χ0) is 9.97. The van der Waals surface area contributed by atoms with Crippen molar-refractivity contribution in [2.45, 2.75) is 0 Å². The van der Waals surface area contributed by atoms with E-state index >= 15 is 0 Å². The predicted molar refractivity (Wildman–Crippen MR) is 61.0 cm³/mol. The highest BCUT2D eigenvalue weighted by molar-refractivity contribution is 9.10. The number of hydrogen-bond acceptors (Lipinski definition) is 2. The van der Waals surface area contributed by atoms with Gasteiger partial charge in [-0.15, -0.1) is 0 Å². The Morgan fingerprint density at radius 3 is 2.93 bits per heavy atom. The Morgan fingerprint density at radius 1 is 1.43 bits per heavy atom. The van der Waals surface area contributed by atoms with Gasteiger partial charge in [0, 0.05) is 22.6 Å². The first-order valence-electron chi connectivity index (χ1n) is 3.97. The summed E-state index contributed by atoms with van der Waals surface area (Å²) in [4.78, 5) is 6.98. The third-order valence-corrected chi connectivity index (χ3v) is 2.91. The van der Waals surface area contributed by atoms with E-state index in [0.29, 0.717) is 11.0 Å². The van der Waals surface area contributed by atoms with Crippen molar-refractivity contribution in [2.24, 2.45) is 0 Å². The second kappa shape index (κ2) is 4.02. The highest BCUT2D eigenvalue weighted by atomic mass is 79.9. The molecule has 0 unspecified atom stereocenters. The minimum Gasteiger partial charge on any atom is -0.331 e. The van der Waals surface area contributed by atoms with Crippen molar-refractivity contribution in [3.63, 3.8) is 0 Å². The molecule has 1 aromatic carbocycles. The average Bonchev–Trinajstić information content (AvgIpc) is 2.64. The van der Waals surface area contributed by atoms with E-state index in [4.69, 9.17) is 11.6 Å². The average molecular weight is 273 g/mol. The number of benzene rings is 1. The first-order chi connectivity index (χ1) is 6.75. The topological polar surface area (TPSA) is 40.7 Å². The number of aromatic amines is 1. The molecule has 72 valence electrons. The van der Waals surface area contributed by atoms with Crippen LogP contribution in [0, 0.1) is 0 Å². The Kier molecular flexibility index (Phi) is 2.74. The van der Waals surface area contributed by atoms with Crippen LogP contribution in [-0.4, -0.2) is 9.97 Å². The van der Waals surface area contributed by atoms with E-state index in [1.807, 2.05) is 18.2 Å². The molecular weight excluding hydrogens is 265 g/mol. The molecule has 2 rings (SSSR count). The molecule has 0 radical (unpaired) electrons. The zero-order valence-corrected chi connectivity index (χ0v) is 9.43. The lowest BCUT2D eigenvalue weighted by Crippen LogP contribution is -1.91. The van der Waals surface area contributed by atoms with Crippen molar-refractivity contribution in [1.82, 2.24) is 9.97 Å². The quantitative estimate of drug-likeness (QED) is 0.877. The zero-order valence-electron chi connectivity index (χ0n) is 7.09. The van der Waals surface area contributed by atoms with Crippen molar-refractivity contribution in [3.05, 3.63) is 40.1 Å². The molecule has 0 atom stereocenters. The summed E-state index contributed by atoms with van der Waals surface area (Å²) in [6, 6.07) is 5.63. The molecule has 0 amide bonds. The van der Waals surface area contributed by atoms with Gasteiger partial charge in [-0.25, -0.2) is 4.98 Å². The van der Waals surface area contributed by atoms with E-state index < -0.39 is 0 Å². The van der Waals surface area contributed by atoms with Crippen molar-refractivity contribution in [3.8, 4) is 0 Å². The molecule has 0 saturated heterocycles. The predicted octanol–water partition coefficient (Wildman–Crippen LogP) is 3.57. The molecule has 5 heteroatoms. The van der Waals surface area contributed by atoms with Crippen LogP contribution in [0.3, 0.4) is 0 Å². The fraction of sp³-hybridized carbons (Fsp3) is 0. The van der Waals surface area contributed by atoms with Crippen molar-refractivity contribution >= 4 is 39.2 Å². The number of halogens is 2. The summed E-state index contributed by atoms with van der Waals surface area (Å²) in [5.41, 5.74) is 0.896. The molecule has 0 fully saturated rings. The van der Waals surface area contributed by atoms with Crippen LogP contribution >= 0.6 is 27.5 Å². The second-order valence-corrected chi connectivity index (χ2v) is 3.95. The summed E-state index contributed by atoms with van der Waals surface area (Å²) in [7, 11) is 0. The lowest BCUT2D eigenvalue weighted by molar-refractivity contribution is 1.29. The standard InChI is InChI=1S/C9H7BrClN3/c10-7-2-1-6(5-8(7)11)14-9-12-3-4-13-9/h1-5H,(H2,12,13,14). The number of H-pyrrole nitrogens is 1. The van der Waals surface area contributed by atoms with E-state index in [9.17, 15) is 0 Å². The maximum atomic E-state index is 5.94. The summed E-state index contributed by atoms with van der Waals surface area (Å²) in [5, 5.41) is 3.75. The first-order valence-corrected chi connectivity index (χ1v) is 5.14. The van der Waals surface area contributed by atoms with Gasteiger partial charge in [-0.1, -0.05) is 11.6 Å². The van der Waals surface area contributed by atoms with E-state index in [1.165, 1.54) is 0 Å². The van der Waals surface area contributed by atoms with Gasteiger partial charge in [-0.05, 0) is 34.1 Å². The van der Waals surface area contributed by atoms with Crippen LogP contribution in [0.5, 0.6) is 0 Å². The molecule has 0 spiro atoms. The number of hydrogen-bond donors (Lipinski definition) is 2. The Labute approximate surface area is 94.6 Å². The Hall–Kier alpha value is -1.00. The van der Waals surface area contributed by atoms with Crippen LogP contribution in [0.4, 0.5) is 11.6 Å². The third kappa shape index (κ3) is 2.08. The van der Waals surface area contributed by atoms with Gasteiger partial charge in [0.05, 0.1) is 5.02 Å². The minimum atomic E-state index is 0.668. The largest absolute Gasteiger partial charge is 0.331 e. The van der Waals surface area contributed by atoms with E-state index in [-0.39, 0.29) is 0 Å². The summed E-state index contributed by atoms with van der Waals surface area (Å²) in [5.74, 6) is 0.698. The molecule has 1 heterocycles. The normalized spacial score (nSPS) is 10.1. The van der Waals surface area contributed by atoms with Gasteiger partial charge < -0.3 is 10.3 Å². The molecule has 0 saturated carbocycles. The molecule has 3 nitrogen and oxygen atoms in total. The van der Waals surface area contributed by atoms with Gasteiger partial charge >= 0.3 is 0 Å². The van der Waals surface area contributed by atoms with Crippen LogP contribution in [-0.2, 0) is 0 Å². The number of aromatic nitrogens is 2. The number of anilines is 2. The lowest BCUT2D eigenvalue weighted by Gasteiger charge is -2.03. The summed E-state index contributed by atoms with van der Waals surface area (Å²) >= 11 is 9.26. The Morgan fingerprint density at radius 2 is 2.29 bits per heavy atom. The summed E-state index contributed by atoms with van der Waals surface area (Å²) in [6.45, 7) is 0. The van der Waals surface area contributed by atoms with Crippen LogP contribution in [0.2, 0.25) is 5.02 Å². The molecule has 0 aliphatic heterocycles. The number of imidazole rings is 1. The smallest absolute Gasteiger partial charge is 0.204 e. The molecular formula is C9H7BrClN3. The van der Waals surface area contributed by atoms with Crippen molar-refractivity contribution in [1.29, 1.82) is 0 Å². The van der Waals surface area contributed by atoms with Crippen LogP contribution < -0.4 is 5.32 Å². The molecule has 14 heavy (non-hydrogen) atoms. The summed E-state index contributed by atoms with van der Waals surface area (Å²) < 4.78 is 0.879. The molecule has 0 aliphatic rings. The van der Waals surface area contributed by atoms with Crippen molar-refractivity contribution < 1.29 is 0 Å². The molecule has 1 aromatic heterocycles. The lowest BCUT2D eigenvalue weighted by atomic mass is 10.3. The van der Waals surface area contributed by atoms with Gasteiger partial charge in [0.25, 0.3) is 0 Å². The van der Waals surface area contributed by atoms with Crippen LogP contribution in [0.1, 0.15) is 0 Å². The monoisotopic (exact) mass is 271 g/mol. The molecule has 0 bridgehead atoms. The second-order valence-electron chi connectivity index (χ2n) is 2.69. The molecule has 2 aromatic rings. The maximum absolute atomic E-state index is 5.94. The SMILES string of the molecule is Clc1cc(Nc2ncc[nH]2)ccc1Br. The van der Waals surface area contributed by atoms with Gasteiger partial charge in [0.15, 0.2) is 0 Å². The van der Waals surface area contributed by atoms with Gasteiger partial charge in [0.2, 0.25) is 5.95 Å². The van der Waals surface area contributed by atoms with Crippen LogP contribution in [0.25, 0.3) is 0 Å². The van der Waals surface area contributed by atoms with E-state index in [1.54, 1.807) is 12.4 Å². The number of nitrogens with one attached hydrogen (secondary N) is 2. The van der Waals surface area contributed by atoms with Gasteiger partial charge in [-0.2, -0.15) is 0 Å². The van der Waals surface area contributed by atoms with E-state index in [0.717, 1.165) is 10.2 Å². The van der Waals surface area contributed by atoms with Gasteiger partial charge in [-0.3, -0.25) is 0 Å². The number of rotatable bonds is 2. The molecule has 0 aliphatic carbocycles. The third-order valence-electron chi connectivity index (χ3n) is 1.68. The van der Waals surface area contributed by atoms with Gasteiger partial charge in [0.1, 0.15) is 0 Å². The number of nitrogens with zero attached hydrogens (tertiary/aromatic N) is 1. The Balaban J connectivity index is 2.22. The fourth-order valence-corrected chi connectivity index (χ4v) is 1.47. The minimum absolute atomic E-state index is 0.668. The maximum Gasteiger partial charge on any atom is 0.204 e. The van der Waals surface area contributed by atoms with Crippen molar-refractivity contribution in [2.75, 3.05) is 5.32 Å². The Bertz CT molecular complexity index is 428. The fourth-order valence-electron chi connectivity index (χ4n) is 1.04.